The molecule has 4 rings (SSSR count). The van der Waals surface area contributed by atoms with Gasteiger partial charge in [-0.15, -0.1) is 5.10 Å². The Balaban J connectivity index is 1.25. The van der Waals surface area contributed by atoms with Gasteiger partial charge in [-0.1, -0.05) is 61.4 Å². The molecule has 7 nitrogen and oxygen atoms in total. The lowest BCUT2D eigenvalue weighted by Gasteiger charge is -2.21. The molecule has 1 aromatic heterocycles. The molecule has 2 aromatic carbocycles. The first-order chi connectivity index (χ1) is 14.8. The zero-order valence-corrected chi connectivity index (χ0v) is 17.6. The van der Waals surface area contributed by atoms with Gasteiger partial charge in [0, 0.05) is 5.69 Å². The molecule has 1 saturated carbocycles. The maximum atomic E-state index is 12.3. The summed E-state index contributed by atoms with van der Waals surface area (Å²) in [5.74, 6) is 0.938. The van der Waals surface area contributed by atoms with Crippen molar-refractivity contribution in [2.24, 2.45) is 0 Å². The van der Waals surface area contributed by atoms with E-state index in [0.29, 0.717) is 17.8 Å². The van der Waals surface area contributed by atoms with Crippen LogP contribution >= 0.6 is 11.8 Å². The summed E-state index contributed by atoms with van der Waals surface area (Å²) in [6.07, 6.45) is 5.90. The minimum atomic E-state index is -0.0869. The van der Waals surface area contributed by atoms with Crippen LogP contribution in [0.1, 0.15) is 43.7 Å². The summed E-state index contributed by atoms with van der Waals surface area (Å²) in [6.45, 7) is 0.513. The summed E-state index contributed by atoms with van der Waals surface area (Å²) in [7, 11) is 0. The molecule has 1 N–H and O–H groups in total. The average Bonchev–Trinajstić information content (AvgIpc) is 3.27. The minimum absolute atomic E-state index is 0.0869. The molecular weight excluding hydrogens is 398 g/mol. The quantitative estimate of drug-likeness (QED) is 0.538. The van der Waals surface area contributed by atoms with Crippen LogP contribution in [0.5, 0.6) is 5.75 Å². The number of thioether (sulfide) groups is 1. The van der Waals surface area contributed by atoms with E-state index in [1.807, 2.05) is 59.3 Å². The first kappa shape index (κ1) is 20.4. The molecule has 0 radical (unpaired) electrons. The number of hydrogen-bond donors (Lipinski definition) is 1. The second-order valence-electron chi connectivity index (χ2n) is 7.33. The van der Waals surface area contributed by atoms with Gasteiger partial charge in [0.2, 0.25) is 11.1 Å². The predicted octanol–water partition coefficient (Wildman–Crippen LogP) is 4.49. The van der Waals surface area contributed by atoms with E-state index in [1.165, 1.54) is 31.0 Å². The number of tetrazole rings is 1. The Morgan fingerprint density at radius 1 is 1.07 bits per heavy atom. The van der Waals surface area contributed by atoms with E-state index in [9.17, 15) is 4.79 Å². The number of amides is 1. The highest BCUT2D eigenvalue weighted by Gasteiger charge is 2.20. The zero-order chi connectivity index (χ0) is 20.6. The monoisotopic (exact) mass is 423 g/mol. The molecule has 0 unspecified atom stereocenters. The Hall–Kier alpha value is -2.87. The fraction of sp³-hybridized carbons (Fsp3) is 0.364. The Labute approximate surface area is 180 Å². The van der Waals surface area contributed by atoms with Gasteiger partial charge >= 0.3 is 0 Å². The Kier molecular flexibility index (Phi) is 6.97. The third kappa shape index (κ3) is 5.60. The molecule has 1 aliphatic carbocycles. The summed E-state index contributed by atoms with van der Waals surface area (Å²) >= 11 is 1.37. The maximum Gasteiger partial charge on any atom is 0.234 e. The van der Waals surface area contributed by atoms with Crippen LogP contribution in [0.25, 0.3) is 0 Å². The van der Waals surface area contributed by atoms with Gasteiger partial charge in [0.15, 0.2) is 0 Å². The number of carbonyl (C=O) groups excluding carboxylic acids is 1. The van der Waals surface area contributed by atoms with E-state index < -0.39 is 0 Å². The topological polar surface area (TPSA) is 81.9 Å². The molecular formula is C22H25N5O2S. The standard InChI is InChI=1S/C22H25N5O2S/c28-21(16-30-22-24-25-26-27(22)19-9-5-2-6-10-19)23-18-11-13-20(14-12-18)29-15-17-7-3-1-4-8-17/h1,3-4,7-8,11-14,19H,2,5-6,9-10,15-16H2,(H,23,28). The van der Waals surface area contributed by atoms with Crippen LogP contribution in [0.2, 0.25) is 0 Å². The van der Waals surface area contributed by atoms with Crippen molar-refractivity contribution in [3.05, 3.63) is 60.2 Å². The second-order valence-corrected chi connectivity index (χ2v) is 8.28. The highest BCUT2D eigenvalue weighted by atomic mass is 32.2. The van der Waals surface area contributed by atoms with Gasteiger partial charge in [-0.05, 0) is 53.1 Å². The Bertz CT molecular complexity index is 940. The summed E-state index contributed by atoms with van der Waals surface area (Å²) in [4.78, 5) is 12.3. The lowest BCUT2D eigenvalue weighted by molar-refractivity contribution is -0.113. The number of aromatic nitrogens is 4. The van der Waals surface area contributed by atoms with Crippen molar-refractivity contribution >= 4 is 23.4 Å². The molecule has 0 bridgehead atoms. The van der Waals surface area contributed by atoms with Crippen molar-refractivity contribution in [2.45, 2.75) is 49.9 Å². The molecule has 0 saturated heterocycles. The molecule has 0 spiro atoms. The number of ether oxygens (including phenoxy) is 1. The van der Waals surface area contributed by atoms with E-state index in [2.05, 4.69) is 20.8 Å². The van der Waals surface area contributed by atoms with Crippen LogP contribution in [0, 0.1) is 0 Å². The van der Waals surface area contributed by atoms with Crippen LogP contribution in [0.3, 0.4) is 0 Å². The van der Waals surface area contributed by atoms with E-state index in [-0.39, 0.29) is 11.7 Å². The third-order valence-corrected chi connectivity index (χ3v) is 6.04. The van der Waals surface area contributed by atoms with Crippen molar-refractivity contribution in [1.29, 1.82) is 0 Å². The van der Waals surface area contributed by atoms with Crippen molar-refractivity contribution in [1.82, 2.24) is 20.2 Å². The van der Waals surface area contributed by atoms with Crippen molar-refractivity contribution in [3.63, 3.8) is 0 Å². The van der Waals surface area contributed by atoms with Crippen LogP contribution < -0.4 is 10.1 Å². The molecule has 1 aliphatic rings. The van der Waals surface area contributed by atoms with Crippen LogP contribution in [0.4, 0.5) is 5.69 Å². The van der Waals surface area contributed by atoms with E-state index >= 15 is 0 Å². The largest absolute Gasteiger partial charge is 0.489 e. The van der Waals surface area contributed by atoms with E-state index in [1.54, 1.807) is 0 Å². The molecule has 1 amide bonds. The number of carbonyl (C=O) groups is 1. The van der Waals surface area contributed by atoms with Crippen molar-refractivity contribution in [2.75, 3.05) is 11.1 Å². The van der Waals surface area contributed by atoms with Gasteiger partial charge in [0.05, 0.1) is 11.8 Å². The Morgan fingerprint density at radius 3 is 2.60 bits per heavy atom. The molecule has 3 aromatic rings. The minimum Gasteiger partial charge on any atom is -0.489 e. The van der Waals surface area contributed by atoms with Gasteiger partial charge in [-0.25, -0.2) is 4.68 Å². The van der Waals surface area contributed by atoms with E-state index in [0.717, 1.165) is 29.8 Å². The third-order valence-electron chi connectivity index (χ3n) is 5.10. The summed E-state index contributed by atoms with van der Waals surface area (Å²) < 4.78 is 7.66. The molecule has 0 aliphatic heterocycles. The van der Waals surface area contributed by atoms with Gasteiger partial charge in [-0.2, -0.15) is 0 Å². The smallest absolute Gasteiger partial charge is 0.234 e. The van der Waals surface area contributed by atoms with Crippen LogP contribution in [-0.4, -0.2) is 31.9 Å². The molecule has 8 heteroatoms. The lowest BCUT2D eigenvalue weighted by atomic mass is 9.96. The normalized spacial score (nSPS) is 14.4. The summed E-state index contributed by atoms with van der Waals surface area (Å²) in [5.41, 5.74) is 1.85. The van der Waals surface area contributed by atoms with Crippen molar-refractivity contribution in [3.8, 4) is 5.75 Å². The van der Waals surface area contributed by atoms with Gasteiger partial charge in [0.25, 0.3) is 0 Å². The first-order valence-electron chi connectivity index (χ1n) is 10.3. The van der Waals surface area contributed by atoms with Crippen LogP contribution in [-0.2, 0) is 11.4 Å². The van der Waals surface area contributed by atoms with Gasteiger partial charge < -0.3 is 10.1 Å². The summed E-state index contributed by atoms with van der Waals surface area (Å²) in [6, 6.07) is 17.8. The van der Waals surface area contributed by atoms with Crippen molar-refractivity contribution < 1.29 is 9.53 Å². The molecule has 1 fully saturated rings. The van der Waals surface area contributed by atoms with Gasteiger partial charge in [-0.3, -0.25) is 4.79 Å². The zero-order valence-electron chi connectivity index (χ0n) is 16.7. The Morgan fingerprint density at radius 2 is 1.83 bits per heavy atom. The van der Waals surface area contributed by atoms with E-state index in [4.69, 9.17) is 4.74 Å². The maximum absolute atomic E-state index is 12.3. The number of benzene rings is 2. The number of rotatable bonds is 8. The molecule has 1 heterocycles. The fourth-order valence-corrected chi connectivity index (χ4v) is 4.28. The second kappa shape index (κ2) is 10.2. The predicted molar refractivity (Wildman–Crippen MR) is 117 cm³/mol. The van der Waals surface area contributed by atoms with Gasteiger partial charge in [0.1, 0.15) is 12.4 Å². The fourth-order valence-electron chi connectivity index (χ4n) is 3.54. The molecule has 156 valence electrons. The highest BCUT2D eigenvalue weighted by molar-refractivity contribution is 7.99. The number of anilines is 1. The number of hydrogen-bond acceptors (Lipinski definition) is 6. The lowest BCUT2D eigenvalue weighted by Crippen LogP contribution is -2.17. The SMILES string of the molecule is O=C(CSc1nnnn1C1CCCCC1)Nc1ccc(OCc2ccccc2)cc1. The number of nitrogens with zero attached hydrogens (tertiary/aromatic N) is 4. The first-order valence-corrected chi connectivity index (χ1v) is 11.2. The molecule has 0 atom stereocenters. The highest BCUT2D eigenvalue weighted by Crippen LogP contribution is 2.30. The average molecular weight is 424 g/mol. The van der Waals surface area contributed by atoms with Crippen LogP contribution in [0.15, 0.2) is 59.8 Å². The summed E-state index contributed by atoms with van der Waals surface area (Å²) in [5, 5.41) is 15.7. The molecule has 30 heavy (non-hydrogen) atoms. The number of nitrogens with one attached hydrogen (secondary N) is 1.